The number of aryl methyl sites for hydroxylation is 1. The summed E-state index contributed by atoms with van der Waals surface area (Å²) in [6.07, 6.45) is 0. The van der Waals surface area contributed by atoms with Gasteiger partial charge < -0.3 is 9.47 Å². The first-order valence-corrected chi connectivity index (χ1v) is 7.91. The van der Waals surface area contributed by atoms with E-state index in [0.29, 0.717) is 18.0 Å². The molecule has 0 bridgehead atoms. The number of likely N-dealkylation sites (N-methyl/N-ethyl adjacent to an activating group) is 1. The van der Waals surface area contributed by atoms with E-state index >= 15 is 0 Å². The summed E-state index contributed by atoms with van der Waals surface area (Å²) in [6.45, 7) is 4.29. The van der Waals surface area contributed by atoms with E-state index in [1.54, 1.807) is 33.1 Å². The van der Waals surface area contributed by atoms with Crippen molar-refractivity contribution in [1.29, 1.82) is 0 Å². The molecule has 0 spiro atoms. The normalized spacial score (nSPS) is 14.7. The third kappa shape index (κ3) is 3.58. The number of ether oxygens (including phenoxy) is 2. The zero-order valence-electron chi connectivity index (χ0n) is 15.2. The van der Waals surface area contributed by atoms with Crippen LogP contribution in [0, 0.1) is 6.92 Å². The predicted octanol–water partition coefficient (Wildman–Crippen LogP) is 1.21. The lowest BCUT2D eigenvalue weighted by atomic mass is 10.1. The Morgan fingerprint density at radius 2 is 1.56 bits per heavy atom. The van der Waals surface area contributed by atoms with Crippen molar-refractivity contribution in [3.63, 3.8) is 0 Å². The zero-order chi connectivity index (χ0) is 18.7. The lowest BCUT2D eigenvalue weighted by Crippen LogP contribution is -2.40. The van der Waals surface area contributed by atoms with Crippen LogP contribution >= 0.6 is 0 Å². The number of imide groups is 2. The Morgan fingerprint density at radius 1 is 1.00 bits per heavy atom. The van der Waals surface area contributed by atoms with Gasteiger partial charge in [-0.1, -0.05) is 0 Å². The number of carbonyl (C=O) groups excluding carboxylic acids is 3. The van der Waals surface area contributed by atoms with Crippen LogP contribution in [-0.4, -0.2) is 67.0 Å². The second kappa shape index (κ2) is 7.52. The Labute approximate surface area is 146 Å². The molecule has 8 heteroatoms. The number of rotatable bonds is 7. The Hall–Kier alpha value is -2.61. The standard InChI is InChI=1S/C17H23N3O5/c1-6-19-15(21)16(22)20(17(19)23)10-18(3)9-12-8-14(25-5)13(24-4)7-11(12)2/h7-8H,6,9-10H2,1-5H3. The minimum absolute atomic E-state index is 0.0354. The molecular weight excluding hydrogens is 326 g/mol. The minimum atomic E-state index is -0.789. The number of hydrogen-bond donors (Lipinski definition) is 0. The average Bonchev–Trinajstić information content (AvgIpc) is 2.79. The van der Waals surface area contributed by atoms with E-state index in [-0.39, 0.29) is 13.2 Å². The van der Waals surface area contributed by atoms with Crippen molar-refractivity contribution in [3.8, 4) is 11.5 Å². The highest BCUT2D eigenvalue weighted by atomic mass is 16.5. The lowest BCUT2D eigenvalue weighted by molar-refractivity contribution is -0.143. The Bertz CT molecular complexity index is 704. The Morgan fingerprint density at radius 3 is 2.08 bits per heavy atom. The van der Waals surface area contributed by atoms with E-state index in [9.17, 15) is 14.4 Å². The van der Waals surface area contributed by atoms with Gasteiger partial charge in [0.05, 0.1) is 20.9 Å². The Kier molecular flexibility index (Phi) is 5.63. The first-order valence-electron chi connectivity index (χ1n) is 7.91. The molecule has 1 fully saturated rings. The molecule has 0 radical (unpaired) electrons. The minimum Gasteiger partial charge on any atom is -0.493 e. The van der Waals surface area contributed by atoms with Crippen molar-refractivity contribution in [2.75, 3.05) is 34.5 Å². The largest absolute Gasteiger partial charge is 0.493 e. The molecule has 0 N–H and O–H groups in total. The molecule has 4 amide bonds. The second-order valence-electron chi connectivity index (χ2n) is 5.85. The fourth-order valence-corrected chi connectivity index (χ4v) is 2.73. The van der Waals surface area contributed by atoms with Crippen LogP contribution < -0.4 is 9.47 Å². The van der Waals surface area contributed by atoms with E-state index in [1.165, 1.54) is 0 Å². The van der Waals surface area contributed by atoms with Gasteiger partial charge in [0.15, 0.2) is 11.5 Å². The molecule has 0 unspecified atom stereocenters. The van der Waals surface area contributed by atoms with Crippen LogP contribution in [0.4, 0.5) is 4.79 Å². The summed E-state index contributed by atoms with van der Waals surface area (Å²) in [6, 6.07) is 3.16. The van der Waals surface area contributed by atoms with E-state index in [1.807, 2.05) is 19.1 Å². The summed E-state index contributed by atoms with van der Waals surface area (Å²) in [7, 11) is 4.91. The predicted molar refractivity (Wildman–Crippen MR) is 90.2 cm³/mol. The van der Waals surface area contributed by atoms with Crippen molar-refractivity contribution < 1.29 is 23.9 Å². The number of benzene rings is 1. The van der Waals surface area contributed by atoms with Crippen molar-refractivity contribution in [2.45, 2.75) is 20.4 Å². The smallest absolute Gasteiger partial charge is 0.335 e. The van der Waals surface area contributed by atoms with Crippen LogP contribution in [0.5, 0.6) is 11.5 Å². The first kappa shape index (κ1) is 18.7. The number of methoxy groups -OCH3 is 2. The third-order valence-corrected chi connectivity index (χ3v) is 4.12. The maximum atomic E-state index is 12.1. The van der Waals surface area contributed by atoms with Crippen molar-refractivity contribution in [1.82, 2.24) is 14.7 Å². The molecule has 1 saturated heterocycles. The van der Waals surface area contributed by atoms with Crippen LogP contribution in [0.1, 0.15) is 18.1 Å². The third-order valence-electron chi connectivity index (χ3n) is 4.12. The molecule has 1 aliphatic rings. The Balaban J connectivity index is 2.13. The average molecular weight is 349 g/mol. The SMILES string of the molecule is CCN1C(=O)C(=O)N(CN(C)Cc2cc(OC)c(OC)cc2C)C1=O. The van der Waals surface area contributed by atoms with E-state index in [4.69, 9.17) is 9.47 Å². The van der Waals surface area contributed by atoms with Crippen LogP contribution in [0.3, 0.4) is 0 Å². The molecular formula is C17H23N3O5. The zero-order valence-corrected chi connectivity index (χ0v) is 15.2. The molecule has 8 nitrogen and oxygen atoms in total. The van der Waals surface area contributed by atoms with E-state index in [0.717, 1.165) is 20.9 Å². The van der Waals surface area contributed by atoms with Crippen LogP contribution in [-0.2, 0) is 16.1 Å². The number of amides is 4. The quantitative estimate of drug-likeness (QED) is 0.544. The van der Waals surface area contributed by atoms with Crippen molar-refractivity contribution >= 4 is 17.8 Å². The number of hydrogen-bond acceptors (Lipinski definition) is 6. The summed E-state index contributed by atoms with van der Waals surface area (Å²) in [5.74, 6) is -0.316. The molecule has 1 heterocycles. The molecule has 2 rings (SSSR count). The van der Waals surface area contributed by atoms with Gasteiger partial charge in [-0.3, -0.25) is 19.4 Å². The summed E-state index contributed by atoms with van der Waals surface area (Å²) in [4.78, 5) is 39.6. The molecule has 1 aromatic carbocycles. The van der Waals surface area contributed by atoms with Gasteiger partial charge >= 0.3 is 17.8 Å². The molecule has 0 aromatic heterocycles. The van der Waals surface area contributed by atoms with Gasteiger partial charge in [-0.15, -0.1) is 0 Å². The summed E-state index contributed by atoms with van der Waals surface area (Å²) in [5.41, 5.74) is 1.97. The van der Waals surface area contributed by atoms with E-state index in [2.05, 4.69) is 0 Å². The van der Waals surface area contributed by atoms with Gasteiger partial charge in [0.25, 0.3) is 0 Å². The van der Waals surface area contributed by atoms with Crippen molar-refractivity contribution in [2.24, 2.45) is 0 Å². The van der Waals surface area contributed by atoms with Crippen molar-refractivity contribution in [3.05, 3.63) is 23.3 Å². The van der Waals surface area contributed by atoms with Gasteiger partial charge in [-0.05, 0) is 44.2 Å². The maximum absolute atomic E-state index is 12.1. The fourth-order valence-electron chi connectivity index (χ4n) is 2.73. The molecule has 1 aromatic rings. The van der Waals surface area contributed by atoms with Gasteiger partial charge in [-0.25, -0.2) is 9.69 Å². The highest BCUT2D eigenvalue weighted by molar-refractivity contribution is 6.44. The molecule has 25 heavy (non-hydrogen) atoms. The number of nitrogens with zero attached hydrogens (tertiary/aromatic N) is 3. The van der Waals surface area contributed by atoms with Crippen LogP contribution in [0.25, 0.3) is 0 Å². The first-order chi connectivity index (χ1) is 11.8. The topological polar surface area (TPSA) is 79.4 Å². The summed E-state index contributed by atoms with van der Waals surface area (Å²) in [5, 5.41) is 0. The fraction of sp³-hybridized carbons (Fsp3) is 0.471. The van der Waals surface area contributed by atoms with E-state index < -0.39 is 17.8 Å². The number of urea groups is 1. The highest BCUT2D eigenvalue weighted by Crippen LogP contribution is 2.30. The molecule has 0 aliphatic carbocycles. The molecule has 1 aliphatic heterocycles. The maximum Gasteiger partial charge on any atom is 0.335 e. The monoisotopic (exact) mass is 349 g/mol. The highest BCUT2D eigenvalue weighted by Gasteiger charge is 2.43. The van der Waals surface area contributed by atoms with Gasteiger partial charge in [0.2, 0.25) is 0 Å². The molecule has 0 atom stereocenters. The van der Waals surface area contributed by atoms with Gasteiger partial charge in [0.1, 0.15) is 0 Å². The van der Waals surface area contributed by atoms with Crippen LogP contribution in [0.15, 0.2) is 12.1 Å². The van der Waals surface area contributed by atoms with Crippen LogP contribution in [0.2, 0.25) is 0 Å². The lowest BCUT2D eigenvalue weighted by Gasteiger charge is -2.23. The molecule has 136 valence electrons. The summed E-state index contributed by atoms with van der Waals surface area (Å²) < 4.78 is 10.6. The summed E-state index contributed by atoms with van der Waals surface area (Å²) >= 11 is 0. The van der Waals surface area contributed by atoms with Gasteiger partial charge in [0, 0.05) is 13.1 Å². The second-order valence-corrected chi connectivity index (χ2v) is 5.85. The van der Waals surface area contributed by atoms with Gasteiger partial charge in [-0.2, -0.15) is 0 Å². The number of carbonyl (C=O) groups is 3. The molecule has 0 saturated carbocycles.